The van der Waals surface area contributed by atoms with Crippen LogP contribution in [-0.4, -0.2) is 19.3 Å². The van der Waals surface area contributed by atoms with E-state index in [0.29, 0.717) is 12.1 Å². The van der Waals surface area contributed by atoms with E-state index < -0.39 is 9.05 Å². The van der Waals surface area contributed by atoms with Crippen molar-refractivity contribution in [1.82, 2.24) is 4.98 Å². The number of thiazole rings is 1. The fourth-order valence-corrected chi connectivity index (χ4v) is 3.66. The molecule has 102 valence electrons. The molecular weight excluding hydrogens is 296 g/mol. The van der Waals surface area contributed by atoms with Gasteiger partial charge in [0.05, 0.1) is 5.69 Å². The molecule has 1 N–H and O–H groups in total. The summed E-state index contributed by atoms with van der Waals surface area (Å²) >= 11 is 0.866. The summed E-state index contributed by atoms with van der Waals surface area (Å²) < 4.78 is 22.4. The molecule has 1 atom stereocenters. The average molecular weight is 311 g/mol. The summed E-state index contributed by atoms with van der Waals surface area (Å²) in [5.41, 5.74) is 0.300. The molecule has 0 saturated heterocycles. The first-order chi connectivity index (χ1) is 8.24. The molecule has 5 nitrogen and oxygen atoms in total. The molecular formula is C10H15ClN2O3S2. The number of carbonyl (C=O) groups is 1. The van der Waals surface area contributed by atoms with Crippen LogP contribution in [0.5, 0.6) is 0 Å². The van der Waals surface area contributed by atoms with E-state index in [0.717, 1.165) is 17.8 Å². The highest BCUT2D eigenvalue weighted by molar-refractivity contribution is 8.15. The van der Waals surface area contributed by atoms with Crippen LogP contribution in [-0.2, 0) is 13.8 Å². The van der Waals surface area contributed by atoms with Crippen molar-refractivity contribution in [3.8, 4) is 0 Å². The van der Waals surface area contributed by atoms with Gasteiger partial charge in [-0.3, -0.25) is 4.79 Å². The van der Waals surface area contributed by atoms with Crippen LogP contribution in [0.2, 0.25) is 0 Å². The summed E-state index contributed by atoms with van der Waals surface area (Å²) in [6, 6.07) is 0. The Labute approximate surface area is 115 Å². The SMILES string of the molecule is CCC(C)CC(=O)Nc1nc(C)c(S(=O)(=O)Cl)s1. The standard InChI is InChI=1S/C10H15ClN2O3S2/c1-4-6(2)5-8(14)13-10-12-7(3)9(17-10)18(11,15)16/h6H,4-5H2,1-3H3,(H,12,13,14). The number of nitrogens with one attached hydrogen (secondary N) is 1. The van der Waals surface area contributed by atoms with E-state index in [-0.39, 0.29) is 21.2 Å². The third kappa shape index (κ3) is 4.22. The van der Waals surface area contributed by atoms with Gasteiger partial charge < -0.3 is 5.32 Å². The maximum Gasteiger partial charge on any atom is 0.272 e. The number of anilines is 1. The smallest absolute Gasteiger partial charge is 0.272 e. The number of hydrogen-bond donors (Lipinski definition) is 1. The van der Waals surface area contributed by atoms with Gasteiger partial charge in [-0.15, -0.1) is 0 Å². The van der Waals surface area contributed by atoms with Crippen LogP contribution in [0, 0.1) is 12.8 Å². The summed E-state index contributed by atoms with van der Waals surface area (Å²) in [4.78, 5) is 15.6. The summed E-state index contributed by atoms with van der Waals surface area (Å²) in [6.07, 6.45) is 1.30. The maximum absolute atomic E-state index is 11.6. The van der Waals surface area contributed by atoms with Crippen molar-refractivity contribution in [2.24, 2.45) is 5.92 Å². The lowest BCUT2D eigenvalue weighted by Crippen LogP contribution is -2.14. The Hall–Kier alpha value is -0.660. The summed E-state index contributed by atoms with van der Waals surface area (Å²) in [6.45, 7) is 5.51. The zero-order valence-corrected chi connectivity index (χ0v) is 12.7. The molecule has 0 bridgehead atoms. The number of carbonyl (C=O) groups excluding carboxylic acids is 1. The average Bonchev–Trinajstić information content (AvgIpc) is 2.58. The first kappa shape index (κ1) is 15.4. The van der Waals surface area contributed by atoms with Crippen LogP contribution in [0.1, 0.15) is 32.4 Å². The topological polar surface area (TPSA) is 76.1 Å². The Morgan fingerprint density at radius 1 is 1.56 bits per heavy atom. The molecule has 0 spiro atoms. The molecule has 0 saturated carbocycles. The molecule has 18 heavy (non-hydrogen) atoms. The molecule has 0 aliphatic rings. The molecule has 1 rings (SSSR count). The highest BCUT2D eigenvalue weighted by atomic mass is 35.7. The van der Waals surface area contributed by atoms with Gasteiger partial charge in [0.15, 0.2) is 9.34 Å². The number of aryl methyl sites for hydroxylation is 1. The number of nitrogens with zero attached hydrogens (tertiary/aromatic N) is 1. The molecule has 1 amide bonds. The van der Waals surface area contributed by atoms with Crippen LogP contribution in [0.25, 0.3) is 0 Å². The minimum absolute atomic E-state index is 0.0250. The minimum atomic E-state index is -3.80. The van der Waals surface area contributed by atoms with E-state index >= 15 is 0 Å². The maximum atomic E-state index is 11.6. The molecule has 0 aliphatic carbocycles. The lowest BCUT2D eigenvalue weighted by atomic mass is 10.1. The van der Waals surface area contributed by atoms with Crippen molar-refractivity contribution in [1.29, 1.82) is 0 Å². The summed E-state index contributed by atoms with van der Waals surface area (Å²) in [7, 11) is 1.45. The quantitative estimate of drug-likeness (QED) is 0.848. The third-order valence-electron chi connectivity index (χ3n) is 2.45. The zero-order valence-electron chi connectivity index (χ0n) is 10.4. The van der Waals surface area contributed by atoms with Gasteiger partial charge in [0.1, 0.15) is 0 Å². The Morgan fingerprint density at radius 2 is 2.17 bits per heavy atom. The highest BCUT2D eigenvalue weighted by Crippen LogP contribution is 2.29. The van der Waals surface area contributed by atoms with E-state index in [1.807, 2.05) is 13.8 Å². The first-order valence-corrected chi connectivity index (χ1v) is 8.58. The van der Waals surface area contributed by atoms with Crippen molar-refractivity contribution in [2.75, 3.05) is 5.32 Å². The molecule has 0 fully saturated rings. The van der Waals surface area contributed by atoms with Gasteiger partial charge in [0.25, 0.3) is 9.05 Å². The highest BCUT2D eigenvalue weighted by Gasteiger charge is 2.20. The molecule has 0 radical (unpaired) electrons. The van der Waals surface area contributed by atoms with E-state index in [2.05, 4.69) is 10.3 Å². The van der Waals surface area contributed by atoms with E-state index in [4.69, 9.17) is 10.7 Å². The lowest BCUT2D eigenvalue weighted by Gasteiger charge is -2.06. The minimum Gasteiger partial charge on any atom is -0.302 e. The van der Waals surface area contributed by atoms with Gasteiger partial charge in [-0.1, -0.05) is 31.6 Å². The monoisotopic (exact) mass is 310 g/mol. The molecule has 0 aliphatic heterocycles. The molecule has 8 heteroatoms. The Bertz CT molecular complexity index is 539. The van der Waals surface area contributed by atoms with Gasteiger partial charge in [-0.25, -0.2) is 13.4 Å². The van der Waals surface area contributed by atoms with Crippen LogP contribution in [0.4, 0.5) is 5.13 Å². The van der Waals surface area contributed by atoms with Gasteiger partial charge in [0, 0.05) is 17.1 Å². The summed E-state index contributed by atoms with van der Waals surface area (Å²) in [5.74, 6) is 0.110. The zero-order chi connectivity index (χ0) is 13.9. The molecule has 1 heterocycles. The predicted octanol–water partition coefficient (Wildman–Crippen LogP) is 2.75. The molecule has 1 aromatic heterocycles. The van der Waals surface area contributed by atoms with Gasteiger partial charge >= 0.3 is 0 Å². The van der Waals surface area contributed by atoms with E-state index in [1.54, 1.807) is 0 Å². The second kappa shape index (κ2) is 5.99. The van der Waals surface area contributed by atoms with E-state index in [9.17, 15) is 13.2 Å². The molecule has 1 aromatic rings. The Kier molecular flexibility index (Phi) is 5.12. The van der Waals surface area contributed by atoms with Crippen molar-refractivity contribution >= 4 is 42.1 Å². The van der Waals surface area contributed by atoms with Crippen LogP contribution in [0.3, 0.4) is 0 Å². The van der Waals surface area contributed by atoms with Crippen molar-refractivity contribution in [3.05, 3.63) is 5.69 Å². The number of amides is 1. The summed E-state index contributed by atoms with van der Waals surface area (Å²) in [5, 5.41) is 2.85. The second-order valence-electron chi connectivity index (χ2n) is 4.10. The van der Waals surface area contributed by atoms with Crippen molar-refractivity contribution in [2.45, 2.75) is 37.8 Å². The Balaban J connectivity index is 2.79. The van der Waals surface area contributed by atoms with Crippen LogP contribution >= 0.6 is 22.0 Å². The largest absolute Gasteiger partial charge is 0.302 e. The molecule has 1 unspecified atom stereocenters. The fourth-order valence-electron chi connectivity index (χ4n) is 1.29. The Morgan fingerprint density at radius 3 is 2.61 bits per heavy atom. The third-order valence-corrected chi connectivity index (χ3v) is 5.70. The molecule has 0 aromatic carbocycles. The number of aromatic nitrogens is 1. The van der Waals surface area contributed by atoms with Gasteiger partial charge in [-0.2, -0.15) is 0 Å². The van der Waals surface area contributed by atoms with E-state index in [1.165, 1.54) is 6.92 Å². The van der Waals surface area contributed by atoms with Crippen LogP contribution < -0.4 is 5.32 Å². The van der Waals surface area contributed by atoms with Crippen molar-refractivity contribution in [3.63, 3.8) is 0 Å². The number of rotatable bonds is 5. The number of halogens is 1. The van der Waals surface area contributed by atoms with Gasteiger partial charge in [0.2, 0.25) is 5.91 Å². The lowest BCUT2D eigenvalue weighted by molar-refractivity contribution is -0.117. The number of hydrogen-bond acceptors (Lipinski definition) is 5. The fraction of sp³-hybridized carbons (Fsp3) is 0.600. The van der Waals surface area contributed by atoms with Crippen LogP contribution in [0.15, 0.2) is 4.21 Å². The normalized spacial score (nSPS) is 13.3. The predicted molar refractivity (Wildman–Crippen MR) is 72.6 cm³/mol. The second-order valence-corrected chi connectivity index (χ2v) is 7.86. The van der Waals surface area contributed by atoms with Gasteiger partial charge in [-0.05, 0) is 12.8 Å². The first-order valence-electron chi connectivity index (χ1n) is 5.46. The van der Waals surface area contributed by atoms with Crippen molar-refractivity contribution < 1.29 is 13.2 Å².